The second kappa shape index (κ2) is 3.89. The molecule has 0 saturated carbocycles. The fourth-order valence-electron chi connectivity index (χ4n) is 1.74. The summed E-state index contributed by atoms with van der Waals surface area (Å²) in [6.45, 7) is 2.07. The maximum atomic E-state index is 5.76. The van der Waals surface area contributed by atoms with E-state index in [1.165, 1.54) is 4.88 Å². The lowest BCUT2D eigenvalue weighted by molar-refractivity contribution is 0.411. The first-order valence-corrected chi connectivity index (χ1v) is 6.10. The van der Waals surface area contributed by atoms with E-state index >= 15 is 0 Å². The van der Waals surface area contributed by atoms with Gasteiger partial charge in [-0.05, 0) is 31.2 Å². The fraction of sp³-hybridized carbons (Fsp3) is 0.154. The lowest BCUT2D eigenvalue weighted by Crippen LogP contribution is -1.81. The van der Waals surface area contributed by atoms with Crippen molar-refractivity contribution in [1.82, 2.24) is 4.98 Å². The molecular formula is C13H11NO2S. The third kappa shape index (κ3) is 1.70. The second-order valence-corrected chi connectivity index (χ2v) is 5.03. The quantitative estimate of drug-likeness (QED) is 0.687. The van der Waals surface area contributed by atoms with Gasteiger partial charge in [0, 0.05) is 4.88 Å². The van der Waals surface area contributed by atoms with Crippen molar-refractivity contribution < 1.29 is 9.15 Å². The summed E-state index contributed by atoms with van der Waals surface area (Å²) in [5.74, 6) is 1.37. The molecule has 0 unspecified atom stereocenters. The largest absolute Gasteiger partial charge is 0.493 e. The highest BCUT2D eigenvalue weighted by atomic mass is 32.1. The van der Waals surface area contributed by atoms with Crippen molar-refractivity contribution in [3.05, 3.63) is 35.2 Å². The minimum Gasteiger partial charge on any atom is -0.493 e. The molecule has 3 rings (SSSR count). The molecule has 0 atom stereocenters. The number of fused-ring (bicyclic) bond motifs is 1. The third-order valence-electron chi connectivity index (χ3n) is 2.55. The molecule has 0 radical (unpaired) electrons. The third-order valence-corrected chi connectivity index (χ3v) is 3.54. The average molecular weight is 245 g/mol. The van der Waals surface area contributed by atoms with Gasteiger partial charge in [-0.25, -0.2) is 4.98 Å². The van der Waals surface area contributed by atoms with Gasteiger partial charge in [-0.3, -0.25) is 0 Å². The molecular weight excluding hydrogens is 234 g/mol. The van der Waals surface area contributed by atoms with Crippen LogP contribution in [0.15, 0.2) is 34.7 Å². The highest BCUT2D eigenvalue weighted by Gasteiger charge is 2.12. The van der Waals surface area contributed by atoms with E-state index in [-0.39, 0.29) is 0 Å². The standard InChI is InChI=1S/C13H11NO2S/c1-8-6-7-11(17-8)13-14-9-4-3-5-10(15-2)12(9)16-13/h3-7H,1-2H3. The molecule has 0 N–H and O–H groups in total. The van der Waals surface area contributed by atoms with Gasteiger partial charge in [-0.2, -0.15) is 0 Å². The van der Waals surface area contributed by atoms with Crippen molar-refractivity contribution in [3.63, 3.8) is 0 Å². The minimum atomic E-state index is 0.655. The molecule has 2 heterocycles. The van der Waals surface area contributed by atoms with Crippen molar-refractivity contribution in [3.8, 4) is 16.5 Å². The van der Waals surface area contributed by atoms with Gasteiger partial charge < -0.3 is 9.15 Å². The molecule has 1 aromatic carbocycles. The van der Waals surface area contributed by atoms with E-state index in [0.29, 0.717) is 11.5 Å². The SMILES string of the molecule is COc1cccc2nc(-c3ccc(C)s3)oc12. The Balaban J connectivity index is 2.19. The first-order chi connectivity index (χ1) is 8.28. The van der Waals surface area contributed by atoms with Crippen molar-refractivity contribution in [2.75, 3.05) is 7.11 Å². The Bertz CT molecular complexity index is 669. The molecule has 0 fully saturated rings. The molecule has 3 nitrogen and oxygen atoms in total. The van der Waals surface area contributed by atoms with Crippen LogP contribution in [0.25, 0.3) is 21.9 Å². The van der Waals surface area contributed by atoms with Crippen molar-refractivity contribution in [2.45, 2.75) is 6.92 Å². The summed E-state index contributed by atoms with van der Waals surface area (Å²) >= 11 is 1.67. The highest BCUT2D eigenvalue weighted by molar-refractivity contribution is 7.15. The minimum absolute atomic E-state index is 0.655. The van der Waals surface area contributed by atoms with Gasteiger partial charge in [0.05, 0.1) is 12.0 Å². The topological polar surface area (TPSA) is 35.3 Å². The van der Waals surface area contributed by atoms with Gasteiger partial charge in [-0.15, -0.1) is 11.3 Å². The van der Waals surface area contributed by atoms with E-state index in [2.05, 4.69) is 18.0 Å². The highest BCUT2D eigenvalue weighted by Crippen LogP contribution is 2.33. The van der Waals surface area contributed by atoms with E-state index in [9.17, 15) is 0 Å². The first kappa shape index (κ1) is 10.4. The van der Waals surface area contributed by atoms with E-state index < -0.39 is 0 Å². The zero-order chi connectivity index (χ0) is 11.8. The Morgan fingerprint density at radius 2 is 2.12 bits per heavy atom. The summed E-state index contributed by atoms with van der Waals surface area (Å²) in [5, 5.41) is 0. The van der Waals surface area contributed by atoms with Crippen LogP contribution in [0.5, 0.6) is 5.75 Å². The number of rotatable bonds is 2. The number of aryl methyl sites for hydroxylation is 1. The van der Waals surface area contributed by atoms with Crippen molar-refractivity contribution in [2.24, 2.45) is 0 Å². The van der Waals surface area contributed by atoms with Crippen LogP contribution in [0.4, 0.5) is 0 Å². The molecule has 0 aliphatic heterocycles. The molecule has 0 saturated heterocycles. The van der Waals surface area contributed by atoms with Crippen LogP contribution in [-0.2, 0) is 0 Å². The van der Waals surface area contributed by atoms with Crippen LogP contribution in [0.2, 0.25) is 0 Å². The van der Waals surface area contributed by atoms with Gasteiger partial charge in [0.2, 0.25) is 5.89 Å². The smallest absolute Gasteiger partial charge is 0.237 e. The molecule has 2 aromatic heterocycles. The number of hydrogen-bond donors (Lipinski definition) is 0. The number of para-hydroxylation sites is 1. The zero-order valence-corrected chi connectivity index (χ0v) is 10.4. The monoisotopic (exact) mass is 245 g/mol. The van der Waals surface area contributed by atoms with E-state index in [1.807, 2.05) is 24.3 Å². The normalized spacial score (nSPS) is 10.9. The Kier molecular flexibility index (Phi) is 2.37. The molecule has 86 valence electrons. The Labute approximate surface area is 103 Å². The van der Waals surface area contributed by atoms with E-state index in [4.69, 9.17) is 9.15 Å². The molecule has 3 aromatic rings. The number of aromatic nitrogens is 1. The second-order valence-electron chi connectivity index (χ2n) is 3.74. The lowest BCUT2D eigenvalue weighted by atomic mass is 10.3. The zero-order valence-electron chi connectivity index (χ0n) is 9.56. The van der Waals surface area contributed by atoms with Crippen LogP contribution >= 0.6 is 11.3 Å². The Hall–Kier alpha value is -1.81. The number of thiophene rings is 1. The van der Waals surface area contributed by atoms with Gasteiger partial charge in [0.1, 0.15) is 5.52 Å². The van der Waals surface area contributed by atoms with Crippen molar-refractivity contribution >= 4 is 22.4 Å². The van der Waals surface area contributed by atoms with Gasteiger partial charge in [0.15, 0.2) is 11.3 Å². The van der Waals surface area contributed by atoms with Crippen LogP contribution in [0.1, 0.15) is 4.88 Å². The van der Waals surface area contributed by atoms with Gasteiger partial charge in [0.25, 0.3) is 0 Å². The molecule has 0 spiro atoms. The molecule has 4 heteroatoms. The van der Waals surface area contributed by atoms with Crippen LogP contribution in [0, 0.1) is 6.92 Å². The summed E-state index contributed by atoms with van der Waals surface area (Å²) in [7, 11) is 1.63. The predicted molar refractivity (Wildman–Crippen MR) is 68.6 cm³/mol. The molecule has 0 aliphatic carbocycles. The lowest BCUT2D eigenvalue weighted by Gasteiger charge is -1.97. The summed E-state index contributed by atoms with van der Waals surface area (Å²) < 4.78 is 11.0. The number of oxazole rings is 1. The molecule has 0 bridgehead atoms. The molecule has 0 aliphatic rings. The van der Waals surface area contributed by atoms with Crippen LogP contribution < -0.4 is 4.74 Å². The van der Waals surface area contributed by atoms with E-state index in [0.717, 1.165) is 16.1 Å². The Morgan fingerprint density at radius 1 is 1.24 bits per heavy atom. The number of nitrogens with zero attached hydrogens (tertiary/aromatic N) is 1. The predicted octanol–water partition coefficient (Wildman–Crippen LogP) is 3.87. The number of ether oxygens (including phenoxy) is 1. The number of methoxy groups -OCH3 is 1. The maximum absolute atomic E-state index is 5.76. The maximum Gasteiger partial charge on any atom is 0.237 e. The fourth-order valence-corrected chi connectivity index (χ4v) is 2.53. The van der Waals surface area contributed by atoms with Crippen molar-refractivity contribution in [1.29, 1.82) is 0 Å². The number of hydrogen-bond acceptors (Lipinski definition) is 4. The molecule has 0 amide bonds. The summed E-state index contributed by atoms with van der Waals surface area (Å²) in [5.41, 5.74) is 1.53. The summed E-state index contributed by atoms with van der Waals surface area (Å²) in [6, 6.07) is 9.79. The van der Waals surface area contributed by atoms with Gasteiger partial charge in [-0.1, -0.05) is 6.07 Å². The summed E-state index contributed by atoms with van der Waals surface area (Å²) in [6.07, 6.45) is 0. The van der Waals surface area contributed by atoms with Crippen LogP contribution in [0.3, 0.4) is 0 Å². The Morgan fingerprint density at radius 3 is 2.82 bits per heavy atom. The van der Waals surface area contributed by atoms with Gasteiger partial charge >= 0.3 is 0 Å². The average Bonchev–Trinajstić information content (AvgIpc) is 2.93. The summed E-state index contributed by atoms with van der Waals surface area (Å²) in [4.78, 5) is 6.76. The first-order valence-electron chi connectivity index (χ1n) is 5.28. The number of benzene rings is 1. The molecule has 17 heavy (non-hydrogen) atoms. The van der Waals surface area contributed by atoms with E-state index in [1.54, 1.807) is 18.4 Å². The van der Waals surface area contributed by atoms with Crippen LogP contribution in [-0.4, -0.2) is 12.1 Å².